The topological polar surface area (TPSA) is 98.6 Å². The first-order chi connectivity index (χ1) is 14.1. The Hall–Kier alpha value is -2.94. The predicted octanol–water partition coefficient (Wildman–Crippen LogP) is 0.897. The van der Waals surface area contributed by atoms with E-state index in [2.05, 4.69) is 15.6 Å². The Kier molecular flexibility index (Phi) is 7.18. The van der Waals surface area contributed by atoms with E-state index < -0.39 is 0 Å². The number of ether oxygens (including phenoxy) is 2. The van der Waals surface area contributed by atoms with Gasteiger partial charge < -0.3 is 19.7 Å². The Morgan fingerprint density at radius 3 is 2.76 bits per heavy atom. The molecule has 2 aromatic rings. The van der Waals surface area contributed by atoms with Gasteiger partial charge in [-0.15, -0.1) is 5.10 Å². The van der Waals surface area contributed by atoms with Gasteiger partial charge in [0.1, 0.15) is 5.75 Å². The van der Waals surface area contributed by atoms with Gasteiger partial charge in [0.05, 0.1) is 38.9 Å². The molecule has 0 aliphatic carbocycles. The summed E-state index contributed by atoms with van der Waals surface area (Å²) < 4.78 is 11.7. The van der Waals surface area contributed by atoms with E-state index in [1.807, 2.05) is 29.2 Å². The van der Waals surface area contributed by atoms with Crippen LogP contribution in [0.15, 0.2) is 30.5 Å². The molecule has 1 N–H and O–H groups in total. The molecule has 156 valence electrons. The lowest BCUT2D eigenvalue weighted by molar-refractivity contribution is -0.131. The highest BCUT2D eigenvalue weighted by Crippen LogP contribution is 2.21. The van der Waals surface area contributed by atoms with Crippen LogP contribution in [-0.4, -0.2) is 71.7 Å². The number of methoxy groups -OCH3 is 2. The van der Waals surface area contributed by atoms with E-state index in [1.165, 1.54) is 0 Å². The molecule has 0 unspecified atom stereocenters. The van der Waals surface area contributed by atoms with Crippen LogP contribution < -0.4 is 10.1 Å². The fraction of sp³-hybridized carbons (Fsp3) is 0.500. The summed E-state index contributed by atoms with van der Waals surface area (Å²) in [6.45, 7) is 2.11. The molecule has 0 radical (unpaired) electrons. The summed E-state index contributed by atoms with van der Waals surface area (Å²) in [6.07, 6.45) is 3.83. The minimum absolute atomic E-state index is 0.0480. The van der Waals surface area contributed by atoms with Gasteiger partial charge in [-0.3, -0.25) is 9.59 Å². The van der Waals surface area contributed by atoms with Gasteiger partial charge in [0, 0.05) is 20.2 Å². The highest BCUT2D eigenvalue weighted by Gasteiger charge is 2.29. The third-order valence-corrected chi connectivity index (χ3v) is 4.97. The van der Waals surface area contributed by atoms with Crippen LogP contribution >= 0.6 is 0 Å². The number of amides is 2. The van der Waals surface area contributed by atoms with E-state index in [0.717, 1.165) is 30.7 Å². The fourth-order valence-electron chi connectivity index (χ4n) is 3.44. The number of nitrogens with zero attached hydrogens (tertiary/aromatic N) is 4. The minimum Gasteiger partial charge on any atom is -0.497 e. The minimum atomic E-state index is -0.285. The summed E-state index contributed by atoms with van der Waals surface area (Å²) in [5.41, 5.74) is 1.22. The molecule has 2 amide bonds. The van der Waals surface area contributed by atoms with Crippen LogP contribution in [0.25, 0.3) is 0 Å². The Morgan fingerprint density at radius 1 is 1.24 bits per heavy atom. The standard InChI is InChI=1S/C20H27N5O4/c1-28-11-9-21-20(27)18-14-24(23-22-18)13-16-4-3-10-25(16)19(26)12-15-5-7-17(29-2)8-6-15/h5-8,14,16H,3-4,9-13H2,1-2H3,(H,21,27)/t16-/m0/s1. The van der Waals surface area contributed by atoms with Crippen LogP contribution in [0.5, 0.6) is 5.75 Å². The molecule has 1 aromatic heterocycles. The molecule has 0 spiro atoms. The van der Waals surface area contributed by atoms with E-state index in [1.54, 1.807) is 25.1 Å². The molecule has 1 saturated heterocycles. The van der Waals surface area contributed by atoms with Crippen molar-refractivity contribution in [1.82, 2.24) is 25.2 Å². The Balaban J connectivity index is 1.56. The van der Waals surface area contributed by atoms with Gasteiger partial charge in [-0.2, -0.15) is 0 Å². The lowest BCUT2D eigenvalue weighted by atomic mass is 10.1. The van der Waals surface area contributed by atoms with Gasteiger partial charge in [-0.05, 0) is 30.5 Å². The number of likely N-dealkylation sites (tertiary alicyclic amines) is 1. The number of rotatable bonds is 9. The average Bonchev–Trinajstić information content (AvgIpc) is 3.39. The summed E-state index contributed by atoms with van der Waals surface area (Å²) in [6, 6.07) is 7.59. The average molecular weight is 401 g/mol. The number of hydrogen-bond donors (Lipinski definition) is 1. The third kappa shape index (κ3) is 5.54. The molecule has 29 heavy (non-hydrogen) atoms. The van der Waals surface area contributed by atoms with Crippen LogP contribution in [0, 0.1) is 0 Å². The second-order valence-corrected chi connectivity index (χ2v) is 6.98. The van der Waals surface area contributed by atoms with Crippen molar-refractivity contribution in [2.24, 2.45) is 0 Å². The summed E-state index contributed by atoms with van der Waals surface area (Å²) in [5, 5.41) is 10.7. The summed E-state index contributed by atoms with van der Waals surface area (Å²) in [7, 11) is 3.19. The molecule has 3 rings (SSSR count). The Morgan fingerprint density at radius 2 is 2.03 bits per heavy atom. The van der Waals surface area contributed by atoms with E-state index in [-0.39, 0.29) is 23.6 Å². The molecule has 9 nitrogen and oxygen atoms in total. The smallest absolute Gasteiger partial charge is 0.273 e. The molecule has 1 aliphatic heterocycles. The lowest BCUT2D eigenvalue weighted by Crippen LogP contribution is -2.39. The summed E-state index contributed by atoms with van der Waals surface area (Å²) >= 11 is 0. The monoisotopic (exact) mass is 401 g/mol. The summed E-state index contributed by atoms with van der Waals surface area (Å²) in [5.74, 6) is 0.580. The Labute approximate surface area is 170 Å². The second-order valence-electron chi connectivity index (χ2n) is 6.98. The van der Waals surface area contributed by atoms with Crippen molar-refractivity contribution in [2.75, 3.05) is 33.9 Å². The van der Waals surface area contributed by atoms with Crippen molar-refractivity contribution < 1.29 is 19.1 Å². The van der Waals surface area contributed by atoms with Crippen LogP contribution in [0.2, 0.25) is 0 Å². The first-order valence-corrected chi connectivity index (χ1v) is 9.70. The van der Waals surface area contributed by atoms with E-state index >= 15 is 0 Å². The number of nitrogens with one attached hydrogen (secondary N) is 1. The molecule has 0 bridgehead atoms. The van der Waals surface area contributed by atoms with Crippen molar-refractivity contribution >= 4 is 11.8 Å². The summed E-state index contributed by atoms with van der Waals surface area (Å²) in [4.78, 5) is 26.7. The lowest BCUT2D eigenvalue weighted by Gasteiger charge is -2.24. The van der Waals surface area contributed by atoms with E-state index in [9.17, 15) is 9.59 Å². The van der Waals surface area contributed by atoms with E-state index in [0.29, 0.717) is 26.1 Å². The maximum Gasteiger partial charge on any atom is 0.273 e. The van der Waals surface area contributed by atoms with Crippen molar-refractivity contribution in [3.63, 3.8) is 0 Å². The Bertz CT molecular complexity index is 821. The van der Waals surface area contributed by atoms with Gasteiger partial charge in [-0.25, -0.2) is 4.68 Å². The molecule has 1 atom stereocenters. The maximum atomic E-state index is 12.8. The van der Waals surface area contributed by atoms with Crippen LogP contribution in [0.1, 0.15) is 28.9 Å². The second kappa shape index (κ2) is 10.0. The highest BCUT2D eigenvalue weighted by atomic mass is 16.5. The fourth-order valence-corrected chi connectivity index (χ4v) is 3.44. The van der Waals surface area contributed by atoms with Crippen LogP contribution in [0.3, 0.4) is 0 Å². The van der Waals surface area contributed by atoms with Crippen molar-refractivity contribution in [3.8, 4) is 5.75 Å². The van der Waals surface area contributed by atoms with Crippen LogP contribution in [-0.2, 0) is 22.5 Å². The highest BCUT2D eigenvalue weighted by molar-refractivity contribution is 5.91. The van der Waals surface area contributed by atoms with Gasteiger partial charge in [0.25, 0.3) is 5.91 Å². The molecule has 1 fully saturated rings. The number of carbonyl (C=O) groups is 2. The molecule has 2 heterocycles. The first kappa shape index (κ1) is 20.8. The predicted molar refractivity (Wildman–Crippen MR) is 106 cm³/mol. The largest absolute Gasteiger partial charge is 0.497 e. The zero-order valence-corrected chi connectivity index (χ0v) is 16.8. The third-order valence-electron chi connectivity index (χ3n) is 4.97. The maximum absolute atomic E-state index is 12.8. The number of carbonyl (C=O) groups excluding carboxylic acids is 2. The van der Waals surface area contributed by atoms with Crippen LogP contribution in [0.4, 0.5) is 0 Å². The van der Waals surface area contributed by atoms with Gasteiger partial charge in [-0.1, -0.05) is 17.3 Å². The number of benzene rings is 1. The van der Waals surface area contributed by atoms with Gasteiger partial charge in [0.15, 0.2) is 5.69 Å². The number of hydrogen-bond acceptors (Lipinski definition) is 6. The van der Waals surface area contributed by atoms with Crippen molar-refractivity contribution in [1.29, 1.82) is 0 Å². The zero-order valence-electron chi connectivity index (χ0n) is 16.8. The van der Waals surface area contributed by atoms with Gasteiger partial charge in [0.2, 0.25) is 5.91 Å². The zero-order chi connectivity index (χ0) is 20.6. The van der Waals surface area contributed by atoms with E-state index in [4.69, 9.17) is 9.47 Å². The van der Waals surface area contributed by atoms with Crippen molar-refractivity contribution in [2.45, 2.75) is 31.8 Å². The molecular weight excluding hydrogens is 374 g/mol. The SMILES string of the molecule is COCCNC(=O)c1cn(C[C@@H]2CCCN2C(=O)Cc2ccc(OC)cc2)nn1. The van der Waals surface area contributed by atoms with Crippen molar-refractivity contribution in [3.05, 3.63) is 41.7 Å². The molecular formula is C20H27N5O4. The molecule has 9 heteroatoms. The molecule has 0 saturated carbocycles. The molecule has 1 aromatic carbocycles. The van der Waals surface area contributed by atoms with Gasteiger partial charge >= 0.3 is 0 Å². The first-order valence-electron chi connectivity index (χ1n) is 9.70. The quantitative estimate of drug-likeness (QED) is 0.627. The molecule has 1 aliphatic rings. The number of aromatic nitrogens is 3. The normalized spacial score (nSPS) is 16.1.